The van der Waals surface area contributed by atoms with Crippen LogP contribution in [0.1, 0.15) is 36.1 Å². The Morgan fingerprint density at radius 1 is 1.50 bits per heavy atom. The minimum Gasteiger partial charge on any atom is -0.445 e. The molecule has 20 heavy (non-hydrogen) atoms. The number of nitrogens with zero attached hydrogens (tertiary/aromatic N) is 1. The summed E-state index contributed by atoms with van der Waals surface area (Å²) >= 11 is 5.87. The van der Waals surface area contributed by atoms with Crippen LogP contribution in [-0.2, 0) is 6.54 Å². The van der Waals surface area contributed by atoms with E-state index in [9.17, 15) is 4.39 Å². The summed E-state index contributed by atoms with van der Waals surface area (Å²) in [6, 6.07) is 5.08. The second-order valence-corrected chi connectivity index (χ2v) is 5.64. The van der Waals surface area contributed by atoms with Crippen molar-refractivity contribution in [3.63, 3.8) is 0 Å². The van der Waals surface area contributed by atoms with Crippen molar-refractivity contribution in [3.05, 3.63) is 52.5 Å². The van der Waals surface area contributed by atoms with E-state index in [0.717, 1.165) is 11.3 Å². The van der Waals surface area contributed by atoms with Gasteiger partial charge in [0.2, 0.25) is 5.89 Å². The highest BCUT2D eigenvalue weighted by molar-refractivity contribution is 6.30. The second kappa shape index (κ2) is 5.54. The van der Waals surface area contributed by atoms with E-state index in [4.69, 9.17) is 16.0 Å². The van der Waals surface area contributed by atoms with Gasteiger partial charge in [0, 0.05) is 6.04 Å². The van der Waals surface area contributed by atoms with Crippen LogP contribution in [0.15, 0.2) is 28.8 Å². The lowest BCUT2D eigenvalue weighted by molar-refractivity contribution is 0.406. The van der Waals surface area contributed by atoms with Gasteiger partial charge in [-0.2, -0.15) is 0 Å². The van der Waals surface area contributed by atoms with E-state index < -0.39 is 0 Å². The Morgan fingerprint density at radius 2 is 2.30 bits per heavy atom. The zero-order valence-electron chi connectivity index (χ0n) is 11.2. The third-order valence-corrected chi connectivity index (χ3v) is 3.83. The predicted octanol–water partition coefficient (Wildman–Crippen LogP) is 4.02. The normalized spacial score (nSPS) is 16.4. The molecule has 1 unspecified atom stereocenters. The van der Waals surface area contributed by atoms with Crippen molar-refractivity contribution in [1.29, 1.82) is 0 Å². The van der Waals surface area contributed by atoms with Gasteiger partial charge in [0.25, 0.3) is 0 Å². The molecule has 1 aliphatic carbocycles. The summed E-state index contributed by atoms with van der Waals surface area (Å²) in [5.74, 6) is 1.66. The predicted molar refractivity (Wildman–Crippen MR) is 75.0 cm³/mol. The standard InChI is InChI=1S/C15H16ClFN2O/c1-9-7-18-14(20-9)8-19-15(10-2-3-10)11-4-5-13(17)12(16)6-11/h4-7,10,15,19H,2-3,8H2,1H3. The van der Waals surface area contributed by atoms with Crippen LogP contribution >= 0.6 is 11.6 Å². The lowest BCUT2D eigenvalue weighted by Crippen LogP contribution is -2.22. The van der Waals surface area contributed by atoms with Gasteiger partial charge in [0.1, 0.15) is 11.6 Å². The Balaban J connectivity index is 1.73. The van der Waals surface area contributed by atoms with Crippen molar-refractivity contribution >= 4 is 11.6 Å². The van der Waals surface area contributed by atoms with Gasteiger partial charge in [-0.25, -0.2) is 9.37 Å². The maximum Gasteiger partial charge on any atom is 0.208 e. The van der Waals surface area contributed by atoms with E-state index >= 15 is 0 Å². The van der Waals surface area contributed by atoms with Crippen LogP contribution in [0.3, 0.4) is 0 Å². The third kappa shape index (κ3) is 3.02. The van der Waals surface area contributed by atoms with E-state index in [1.54, 1.807) is 18.3 Å². The molecule has 1 aromatic carbocycles. The molecule has 1 aliphatic rings. The molecule has 0 amide bonds. The van der Waals surface area contributed by atoms with Crippen molar-refractivity contribution < 1.29 is 8.81 Å². The molecular formula is C15H16ClFN2O. The van der Waals surface area contributed by atoms with Crippen LogP contribution in [-0.4, -0.2) is 4.98 Å². The average Bonchev–Trinajstić information content (AvgIpc) is 3.17. The lowest BCUT2D eigenvalue weighted by Gasteiger charge is -2.18. The van der Waals surface area contributed by atoms with Crippen molar-refractivity contribution in [1.82, 2.24) is 10.3 Å². The number of rotatable bonds is 5. The Hall–Kier alpha value is -1.39. The second-order valence-electron chi connectivity index (χ2n) is 5.23. The third-order valence-electron chi connectivity index (χ3n) is 3.54. The molecule has 0 spiro atoms. The van der Waals surface area contributed by atoms with E-state index in [-0.39, 0.29) is 16.9 Å². The van der Waals surface area contributed by atoms with E-state index in [0.29, 0.717) is 18.4 Å². The molecule has 0 saturated heterocycles. The van der Waals surface area contributed by atoms with E-state index in [1.165, 1.54) is 18.9 Å². The molecule has 1 aromatic heterocycles. The summed E-state index contributed by atoms with van der Waals surface area (Å²) in [7, 11) is 0. The molecule has 0 radical (unpaired) electrons. The fourth-order valence-electron chi connectivity index (χ4n) is 2.37. The average molecular weight is 295 g/mol. The summed E-state index contributed by atoms with van der Waals surface area (Å²) in [5.41, 5.74) is 1.02. The summed E-state index contributed by atoms with van der Waals surface area (Å²) in [4.78, 5) is 4.18. The number of oxazole rings is 1. The molecular weight excluding hydrogens is 279 g/mol. The van der Waals surface area contributed by atoms with Gasteiger partial charge in [0.05, 0.1) is 17.8 Å². The van der Waals surface area contributed by atoms with Crippen LogP contribution in [0.5, 0.6) is 0 Å². The zero-order valence-corrected chi connectivity index (χ0v) is 12.0. The van der Waals surface area contributed by atoms with Gasteiger partial charge in [0.15, 0.2) is 0 Å². The maximum atomic E-state index is 13.3. The molecule has 1 atom stereocenters. The van der Waals surface area contributed by atoms with Gasteiger partial charge in [-0.15, -0.1) is 0 Å². The fraction of sp³-hybridized carbons (Fsp3) is 0.400. The van der Waals surface area contributed by atoms with Gasteiger partial charge < -0.3 is 9.73 Å². The first-order chi connectivity index (χ1) is 9.63. The number of aromatic nitrogens is 1. The van der Waals surface area contributed by atoms with Gasteiger partial charge in [-0.1, -0.05) is 17.7 Å². The van der Waals surface area contributed by atoms with Crippen LogP contribution in [0.25, 0.3) is 0 Å². The van der Waals surface area contributed by atoms with Crippen LogP contribution in [0, 0.1) is 18.7 Å². The summed E-state index contributed by atoms with van der Waals surface area (Å²) in [6.07, 6.45) is 4.06. The smallest absolute Gasteiger partial charge is 0.208 e. The van der Waals surface area contributed by atoms with Gasteiger partial charge in [-0.05, 0) is 43.4 Å². The summed E-state index contributed by atoms with van der Waals surface area (Å²) in [5, 5.41) is 3.61. The Kier molecular flexibility index (Phi) is 3.76. The number of aryl methyl sites for hydroxylation is 1. The molecule has 1 heterocycles. The zero-order chi connectivity index (χ0) is 14.1. The van der Waals surface area contributed by atoms with E-state index in [2.05, 4.69) is 10.3 Å². The van der Waals surface area contributed by atoms with Crippen molar-refractivity contribution in [2.75, 3.05) is 0 Å². The fourth-order valence-corrected chi connectivity index (χ4v) is 2.56. The highest BCUT2D eigenvalue weighted by atomic mass is 35.5. The monoisotopic (exact) mass is 294 g/mol. The molecule has 106 valence electrons. The van der Waals surface area contributed by atoms with Crippen molar-refractivity contribution in [3.8, 4) is 0 Å². The molecule has 1 N–H and O–H groups in total. The summed E-state index contributed by atoms with van der Waals surface area (Å²) < 4.78 is 18.7. The van der Waals surface area contributed by atoms with Crippen LogP contribution in [0.2, 0.25) is 5.02 Å². The number of nitrogens with one attached hydrogen (secondary N) is 1. The number of hydrogen-bond acceptors (Lipinski definition) is 3. The van der Waals surface area contributed by atoms with Crippen molar-refractivity contribution in [2.45, 2.75) is 32.4 Å². The molecule has 2 aromatic rings. The number of halogens is 2. The molecule has 0 bridgehead atoms. The minimum atomic E-state index is -0.381. The molecule has 3 nitrogen and oxygen atoms in total. The first kappa shape index (κ1) is 13.6. The molecule has 1 fully saturated rings. The topological polar surface area (TPSA) is 38.1 Å². The SMILES string of the molecule is Cc1cnc(CNC(c2ccc(F)c(Cl)c2)C2CC2)o1. The van der Waals surface area contributed by atoms with Crippen molar-refractivity contribution in [2.24, 2.45) is 5.92 Å². The van der Waals surface area contributed by atoms with Crippen LogP contribution in [0.4, 0.5) is 4.39 Å². The summed E-state index contributed by atoms with van der Waals surface area (Å²) in [6.45, 7) is 2.43. The quantitative estimate of drug-likeness (QED) is 0.905. The number of benzene rings is 1. The van der Waals surface area contributed by atoms with E-state index in [1.807, 2.05) is 6.92 Å². The highest BCUT2D eigenvalue weighted by Crippen LogP contribution is 2.41. The molecule has 1 saturated carbocycles. The highest BCUT2D eigenvalue weighted by Gasteiger charge is 2.32. The van der Waals surface area contributed by atoms with Gasteiger partial charge >= 0.3 is 0 Å². The molecule has 5 heteroatoms. The lowest BCUT2D eigenvalue weighted by atomic mass is 10.0. The maximum absolute atomic E-state index is 13.3. The first-order valence-electron chi connectivity index (χ1n) is 6.73. The largest absolute Gasteiger partial charge is 0.445 e. The molecule has 0 aliphatic heterocycles. The first-order valence-corrected chi connectivity index (χ1v) is 7.11. The Bertz CT molecular complexity index is 610. The molecule has 3 rings (SSSR count). The minimum absolute atomic E-state index is 0.167. The number of hydrogen-bond donors (Lipinski definition) is 1. The Labute approximate surface area is 122 Å². The Morgan fingerprint density at radius 3 is 2.90 bits per heavy atom. The van der Waals surface area contributed by atoms with Gasteiger partial charge in [-0.3, -0.25) is 0 Å². The van der Waals surface area contributed by atoms with Crippen LogP contribution < -0.4 is 5.32 Å².